The average molecular weight is 301 g/mol. The highest BCUT2D eigenvalue weighted by Crippen LogP contribution is 2.36. The molecule has 21 heavy (non-hydrogen) atoms. The summed E-state index contributed by atoms with van der Waals surface area (Å²) in [5, 5.41) is 12.7. The molecule has 0 amide bonds. The van der Waals surface area contributed by atoms with Crippen LogP contribution in [0.5, 0.6) is 0 Å². The van der Waals surface area contributed by atoms with Crippen LogP contribution in [0, 0.1) is 0 Å². The maximum atomic E-state index is 10.6. The highest BCUT2D eigenvalue weighted by atomic mass is 32.1. The van der Waals surface area contributed by atoms with Crippen LogP contribution in [0.4, 0.5) is 0 Å². The Balaban J connectivity index is 1.52. The van der Waals surface area contributed by atoms with Crippen molar-refractivity contribution in [2.24, 2.45) is 0 Å². The summed E-state index contributed by atoms with van der Waals surface area (Å²) in [5.74, 6) is 0. The Labute approximate surface area is 128 Å². The Morgan fingerprint density at radius 2 is 2.10 bits per heavy atom. The van der Waals surface area contributed by atoms with E-state index >= 15 is 0 Å². The third-order valence-corrected chi connectivity index (χ3v) is 5.56. The first-order valence-electron chi connectivity index (χ1n) is 7.48. The van der Waals surface area contributed by atoms with Gasteiger partial charge in [0.25, 0.3) is 0 Å². The zero-order valence-corrected chi connectivity index (χ0v) is 12.6. The van der Waals surface area contributed by atoms with Crippen LogP contribution in [0.3, 0.4) is 0 Å². The zero-order valence-electron chi connectivity index (χ0n) is 11.8. The molecule has 1 aromatic carbocycles. The second-order valence-corrected chi connectivity index (χ2v) is 6.76. The molecule has 0 unspecified atom stereocenters. The van der Waals surface area contributed by atoms with Crippen molar-refractivity contribution in [2.45, 2.75) is 24.7 Å². The van der Waals surface area contributed by atoms with E-state index in [2.05, 4.69) is 40.6 Å². The number of aliphatic hydroxyl groups excluding tert-OH is 1. The molecular formula is C17H19NO2S. The van der Waals surface area contributed by atoms with Crippen LogP contribution in [0.2, 0.25) is 0 Å². The zero-order chi connectivity index (χ0) is 14.2. The molecule has 0 bridgehead atoms. The number of hydrogen-bond donors (Lipinski definition) is 1. The lowest BCUT2D eigenvalue weighted by Crippen LogP contribution is -2.46. The van der Waals surface area contributed by atoms with E-state index in [0.717, 1.165) is 31.7 Å². The molecule has 1 aliphatic carbocycles. The van der Waals surface area contributed by atoms with Crippen LogP contribution in [-0.4, -0.2) is 35.7 Å². The van der Waals surface area contributed by atoms with Gasteiger partial charge in [0.2, 0.25) is 0 Å². The van der Waals surface area contributed by atoms with Gasteiger partial charge in [0, 0.05) is 24.0 Å². The predicted octanol–water partition coefficient (Wildman–Crippen LogP) is 2.78. The summed E-state index contributed by atoms with van der Waals surface area (Å²) >= 11 is 1.75. The molecule has 1 aromatic heterocycles. The van der Waals surface area contributed by atoms with Crippen molar-refractivity contribution in [1.29, 1.82) is 0 Å². The minimum atomic E-state index is -0.372. The second-order valence-electron chi connectivity index (χ2n) is 5.78. The van der Waals surface area contributed by atoms with Gasteiger partial charge in [-0.3, -0.25) is 4.90 Å². The molecule has 3 nitrogen and oxygen atoms in total. The van der Waals surface area contributed by atoms with Gasteiger partial charge >= 0.3 is 0 Å². The molecule has 3 atom stereocenters. The molecule has 2 heterocycles. The molecule has 4 rings (SSSR count). The van der Waals surface area contributed by atoms with Gasteiger partial charge in [-0.1, -0.05) is 30.3 Å². The SMILES string of the molecule is O[C@@H]1c2ccccc2C[C@@H]1N1CCO[C@@H](c2cccs2)C1. The number of aliphatic hydroxyl groups is 1. The lowest BCUT2D eigenvalue weighted by Gasteiger charge is -2.37. The van der Waals surface area contributed by atoms with Crippen molar-refractivity contribution in [3.05, 3.63) is 57.8 Å². The number of rotatable bonds is 2. The predicted molar refractivity (Wildman–Crippen MR) is 83.5 cm³/mol. The third kappa shape index (κ3) is 2.42. The molecule has 1 N–H and O–H groups in total. The summed E-state index contributed by atoms with van der Waals surface area (Å²) in [7, 11) is 0. The first-order valence-corrected chi connectivity index (χ1v) is 8.36. The van der Waals surface area contributed by atoms with E-state index in [0.29, 0.717) is 0 Å². The number of benzene rings is 1. The van der Waals surface area contributed by atoms with E-state index in [9.17, 15) is 5.11 Å². The van der Waals surface area contributed by atoms with Gasteiger partial charge in [0.15, 0.2) is 0 Å². The fourth-order valence-corrected chi connectivity index (χ4v) is 4.26. The van der Waals surface area contributed by atoms with E-state index in [1.807, 2.05) is 6.07 Å². The highest BCUT2D eigenvalue weighted by molar-refractivity contribution is 7.10. The van der Waals surface area contributed by atoms with Gasteiger partial charge in [-0.2, -0.15) is 0 Å². The molecule has 4 heteroatoms. The monoisotopic (exact) mass is 301 g/mol. The van der Waals surface area contributed by atoms with E-state index in [4.69, 9.17) is 4.74 Å². The summed E-state index contributed by atoms with van der Waals surface area (Å²) in [6, 6.07) is 12.7. The van der Waals surface area contributed by atoms with E-state index in [1.165, 1.54) is 10.4 Å². The molecule has 2 aromatic rings. The fraction of sp³-hybridized carbons (Fsp3) is 0.412. The number of hydrogen-bond acceptors (Lipinski definition) is 4. The summed E-state index contributed by atoms with van der Waals surface area (Å²) in [6.07, 6.45) is 0.715. The van der Waals surface area contributed by atoms with E-state index < -0.39 is 0 Å². The van der Waals surface area contributed by atoms with E-state index in [1.54, 1.807) is 11.3 Å². The summed E-state index contributed by atoms with van der Waals surface area (Å²) in [4.78, 5) is 3.68. The molecule has 1 fully saturated rings. The smallest absolute Gasteiger partial charge is 0.104 e. The highest BCUT2D eigenvalue weighted by Gasteiger charge is 2.37. The Morgan fingerprint density at radius 3 is 2.90 bits per heavy atom. The van der Waals surface area contributed by atoms with Crippen molar-refractivity contribution in [3.8, 4) is 0 Å². The number of fused-ring (bicyclic) bond motifs is 1. The van der Waals surface area contributed by atoms with Gasteiger partial charge in [0.1, 0.15) is 6.10 Å². The number of thiophene rings is 1. The quantitative estimate of drug-likeness (QED) is 0.926. The number of nitrogens with zero attached hydrogens (tertiary/aromatic N) is 1. The standard InChI is InChI=1S/C17H19NO2S/c19-17-13-5-2-1-4-12(13)10-14(17)18-7-8-20-15(11-18)16-6-3-9-21-16/h1-6,9,14-15,17,19H,7-8,10-11H2/t14-,15+,17+/m0/s1. The third-order valence-electron chi connectivity index (χ3n) is 4.59. The van der Waals surface area contributed by atoms with Crippen molar-refractivity contribution >= 4 is 11.3 Å². The van der Waals surface area contributed by atoms with Crippen LogP contribution in [0.25, 0.3) is 0 Å². The van der Waals surface area contributed by atoms with Crippen molar-refractivity contribution in [1.82, 2.24) is 4.90 Å². The molecule has 1 saturated heterocycles. The average Bonchev–Trinajstić information content (AvgIpc) is 3.16. The minimum Gasteiger partial charge on any atom is -0.387 e. The Bertz CT molecular complexity index is 613. The lowest BCUT2D eigenvalue weighted by molar-refractivity contribution is -0.0620. The fourth-order valence-electron chi connectivity index (χ4n) is 3.50. The molecule has 0 saturated carbocycles. The minimum absolute atomic E-state index is 0.148. The first kappa shape index (κ1) is 13.5. The number of ether oxygens (including phenoxy) is 1. The van der Waals surface area contributed by atoms with Crippen LogP contribution in [-0.2, 0) is 11.2 Å². The van der Waals surface area contributed by atoms with Crippen LogP contribution in [0.1, 0.15) is 28.2 Å². The van der Waals surface area contributed by atoms with Crippen LogP contribution >= 0.6 is 11.3 Å². The van der Waals surface area contributed by atoms with E-state index in [-0.39, 0.29) is 18.2 Å². The maximum Gasteiger partial charge on any atom is 0.104 e. The molecular weight excluding hydrogens is 282 g/mol. The van der Waals surface area contributed by atoms with Gasteiger partial charge in [-0.25, -0.2) is 0 Å². The lowest BCUT2D eigenvalue weighted by atomic mass is 10.1. The maximum absolute atomic E-state index is 10.6. The van der Waals surface area contributed by atoms with Crippen molar-refractivity contribution in [2.75, 3.05) is 19.7 Å². The summed E-state index contributed by atoms with van der Waals surface area (Å²) < 4.78 is 5.91. The largest absolute Gasteiger partial charge is 0.387 e. The molecule has 1 aliphatic heterocycles. The Hall–Kier alpha value is -1.20. The Morgan fingerprint density at radius 1 is 1.19 bits per heavy atom. The van der Waals surface area contributed by atoms with Crippen molar-refractivity contribution in [3.63, 3.8) is 0 Å². The Kier molecular flexibility index (Phi) is 3.55. The molecule has 110 valence electrons. The van der Waals surface area contributed by atoms with Gasteiger partial charge in [-0.15, -0.1) is 11.3 Å². The van der Waals surface area contributed by atoms with Crippen LogP contribution in [0.15, 0.2) is 41.8 Å². The topological polar surface area (TPSA) is 32.7 Å². The number of morpholine rings is 1. The van der Waals surface area contributed by atoms with Crippen LogP contribution < -0.4 is 0 Å². The summed E-state index contributed by atoms with van der Waals surface area (Å²) in [5.41, 5.74) is 2.39. The second kappa shape index (κ2) is 5.54. The normalized spacial score (nSPS) is 29.5. The van der Waals surface area contributed by atoms with Crippen molar-refractivity contribution < 1.29 is 9.84 Å². The molecule has 0 radical (unpaired) electrons. The summed E-state index contributed by atoms with van der Waals surface area (Å²) in [6.45, 7) is 2.51. The molecule has 0 spiro atoms. The van der Waals surface area contributed by atoms with Gasteiger partial charge in [-0.05, 0) is 29.0 Å². The van der Waals surface area contributed by atoms with Gasteiger partial charge in [0.05, 0.1) is 12.7 Å². The van der Waals surface area contributed by atoms with Gasteiger partial charge < -0.3 is 9.84 Å². The first-order chi connectivity index (χ1) is 10.3. The molecule has 2 aliphatic rings.